The van der Waals surface area contributed by atoms with Gasteiger partial charge in [0.05, 0.1) is 17.7 Å². The third kappa shape index (κ3) is 4.72. The highest BCUT2D eigenvalue weighted by Gasteiger charge is 2.42. The van der Waals surface area contributed by atoms with E-state index in [0.29, 0.717) is 37.6 Å². The Kier molecular flexibility index (Phi) is 6.62. The van der Waals surface area contributed by atoms with E-state index in [1.54, 1.807) is 0 Å². The Labute approximate surface area is 214 Å². The summed E-state index contributed by atoms with van der Waals surface area (Å²) in [5.74, 6) is -4.38. The van der Waals surface area contributed by atoms with Gasteiger partial charge in [0.15, 0.2) is 0 Å². The first-order chi connectivity index (χ1) is 17.9. The van der Waals surface area contributed by atoms with Crippen LogP contribution in [0.3, 0.4) is 0 Å². The molecule has 3 aliphatic rings. The van der Waals surface area contributed by atoms with Crippen molar-refractivity contribution < 1.29 is 41.4 Å². The van der Waals surface area contributed by atoms with E-state index in [9.17, 15) is 32.7 Å². The second-order valence-electron chi connectivity index (χ2n) is 9.90. The highest BCUT2D eigenvalue weighted by Crippen LogP contribution is 2.39. The quantitative estimate of drug-likeness (QED) is 0.457. The molecule has 2 saturated heterocycles. The van der Waals surface area contributed by atoms with Gasteiger partial charge in [0.1, 0.15) is 23.4 Å². The molecule has 12 heteroatoms. The van der Waals surface area contributed by atoms with Crippen LogP contribution >= 0.6 is 0 Å². The Morgan fingerprint density at radius 1 is 1.03 bits per heavy atom. The maximum Gasteiger partial charge on any atom is 0.416 e. The fraction of sp³-hybridized carbons (Fsp3) is 0.423. The molecule has 38 heavy (non-hydrogen) atoms. The monoisotopic (exact) mass is 537 g/mol. The average molecular weight is 537 g/mol. The summed E-state index contributed by atoms with van der Waals surface area (Å²) in [6.07, 6.45) is -3.70. The van der Waals surface area contributed by atoms with Crippen LogP contribution in [-0.4, -0.2) is 51.8 Å². The van der Waals surface area contributed by atoms with Crippen molar-refractivity contribution in [3.05, 3.63) is 63.7 Å². The minimum Gasteiger partial charge on any atom is -0.508 e. The van der Waals surface area contributed by atoms with E-state index >= 15 is 8.78 Å². The van der Waals surface area contributed by atoms with Gasteiger partial charge in [0, 0.05) is 29.7 Å². The van der Waals surface area contributed by atoms with Gasteiger partial charge in [-0.15, -0.1) is 0 Å². The van der Waals surface area contributed by atoms with Crippen molar-refractivity contribution in [2.24, 2.45) is 0 Å². The molecule has 0 bridgehead atoms. The molecule has 3 amide bonds. The summed E-state index contributed by atoms with van der Waals surface area (Å²) in [7, 11) is 0. The van der Waals surface area contributed by atoms with E-state index in [0.717, 1.165) is 17.0 Å². The number of phenols is 1. The number of phenolic OH excluding ortho intramolecular Hbond substituents is 1. The Bertz CT molecular complexity index is 1320. The molecule has 2 aromatic carbocycles. The lowest BCUT2D eigenvalue weighted by Gasteiger charge is -2.33. The molecule has 7 nitrogen and oxygen atoms in total. The van der Waals surface area contributed by atoms with E-state index in [-0.39, 0.29) is 42.6 Å². The van der Waals surface area contributed by atoms with Gasteiger partial charge in [-0.05, 0) is 56.5 Å². The van der Waals surface area contributed by atoms with Gasteiger partial charge in [0.2, 0.25) is 11.8 Å². The summed E-state index contributed by atoms with van der Waals surface area (Å²) < 4.78 is 69.3. The number of imide groups is 1. The predicted molar refractivity (Wildman–Crippen MR) is 123 cm³/mol. The lowest BCUT2D eigenvalue weighted by molar-refractivity contribution is -0.138. The lowest BCUT2D eigenvalue weighted by atomic mass is 9.86. The highest BCUT2D eigenvalue weighted by atomic mass is 19.4. The van der Waals surface area contributed by atoms with Gasteiger partial charge in [0.25, 0.3) is 5.91 Å². The van der Waals surface area contributed by atoms with Crippen LogP contribution in [0.2, 0.25) is 0 Å². The van der Waals surface area contributed by atoms with Crippen molar-refractivity contribution in [3.63, 3.8) is 0 Å². The van der Waals surface area contributed by atoms with Crippen LogP contribution in [0.5, 0.6) is 5.75 Å². The summed E-state index contributed by atoms with van der Waals surface area (Å²) in [6, 6.07) is 2.86. The number of aromatic hydroxyl groups is 1. The maximum absolute atomic E-state index is 15.6. The van der Waals surface area contributed by atoms with Crippen LogP contribution in [0, 0.1) is 11.6 Å². The third-order valence-electron chi connectivity index (χ3n) is 7.56. The molecular weight excluding hydrogens is 513 g/mol. The van der Waals surface area contributed by atoms with Crippen LogP contribution in [-0.2, 0) is 28.9 Å². The molecule has 0 aromatic heterocycles. The smallest absolute Gasteiger partial charge is 0.416 e. The summed E-state index contributed by atoms with van der Waals surface area (Å²) in [6.45, 7) is 0.762. The zero-order valence-corrected chi connectivity index (χ0v) is 20.1. The van der Waals surface area contributed by atoms with Gasteiger partial charge in [-0.3, -0.25) is 24.6 Å². The fourth-order valence-corrected chi connectivity index (χ4v) is 5.52. The number of nitrogens with one attached hydrogen (secondary N) is 1. The van der Waals surface area contributed by atoms with Crippen molar-refractivity contribution in [2.75, 3.05) is 13.1 Å². The van der Waals surface area contributed by atoms with E-state index in [1.807, 2.05) is 4.90 Å². The maximum atomic E-state index is 15.6. The number of fused-ring (bicyclic) bond motifs is 1. The molecule has 5 rings (SSSR count). The Morgan fingerprint density at radius 3 is 2.37 bits per heavy atom. The van der Waals surface area contributed by atoms with Crippen molar-refractivity contribution in [1.29, 1.82) is 0 Å². The Morgan fingerprint density at radius 2 is 1.74 bits per heavy atom. The number of halogens is 5. The number of hydrogen-bond acceptors (Lipinski definition) is 5. The number of rotatable bonds is 4. The topological polar surface area (TPSA) is 90.0 Å². The predicted octanol–water partition coefficient (Wildman–Crippen LogP) is 3.83. The Hall–Kier alpha value is -3.54. The summed E-state index contributed by atoms with van der Waals surface area (Å²) in [5.41, 5.74) is -0.872. The van der Waals surface area contributed by atoms with E-state index in [1.165, 1.54) is 6.07 Å². The van der Waals surface area contributed by atoms with Gasteiger partial charge in [-0.2, -0.15) is 13.2 Å². The van der Waals surface area contributed by atoms with Crippen LogP contribution in [0.25, 0.3) is 0 Å². The molecule has 2 fully saturated rings. The molecule has 0 saturated carbocycles. The largest absolute Gasteiger partial charge is 0.508 e. The van der Waals surface area contributed by atoms with Crippen molar-refractivity contribution in [1.82, 2.24) is 15.1 Å². The molecule has 0 spiro atoms. The van der Waals surface area contributed by atoms with Crippen molar-refractivity contribution >= 4 is 17.7 Å². The van der Waals surface area contributed by atoms with Gasteiger partial charge in [-0.1, -0.05) is 6.07 Å². The molecule has 2 N–H and O–H groups in total. The second-order valence-corrected chi connectivity index (χ2v) is 9.90. The van der Waals surface area contributed by atoms with Crippen molar-refractivity contribution in [3.8, 4) is 5.75 Å². The summed E-state index contributed by atoms with van der Waals surface area (Å²) >= 11 is 0. The summed E-state index contributed by atoms with van der Waals surface area (Å²) in [4.78, 5) is 39.6. The lowest BCUT2D eigenvalue weighted by Crippen LogP contribution is -2.52. The number of alkyl halides is 3. The molecule has 202 valence electrons. The fourth-order valence-electron chi connectivity index (χ4n) is 5.52. The first-order valence-corrected chi connectivity index (χ1v) is 12.2. The number of likely N-dealkylation sites (tertiary alicyclic amines) is 1. The molecular formula is C26H24F5N3O4. The molecule has 0 radical (unpaired) electrons. The number of hydrogen-bond donors (Lipinski definition) is 2. The van der Waals surface area contributed by atoms with Gasteiger partial charge < -0.3 is 10.0 Å². The third-order valence-corrected chi connectivity index (χ3v) is 7.56. The first kappa shape index (κ1) is 26.1. The molecule has 1 unspecified atom stereocenters. The molecule has 0 aliphatic carbocycles. The standard InChI is InChI=1S/C26H24F5N3O4/c27-18-10-16-17(12-34(25(16)38)19-3-4-21(36)32-24(19)37)23(28)22(18)13-5-7-33(8-6-13)11-14-1-2-15(9-20(14)35)26(29,30)31/h1-2,9-10,13,19,35H,3-8,11-12H2,(H,32,36,37). The van der Waals surface area contributed by atoms with Crippen LogP contribution in [0.4, 0.5) is 22.0 Å². The van der Waals surface area contributed by atoms with Crippen LogP contribution < -0.4 is 5.32 Å². The number of amides is 3. The number of piperidine rings is 2. The zero-order chi connectivity index (χ0) is 27.4. The SMILES string of the molecule is O=C1CCC(N2Cc3c(cc(F)c(C4CCN(Cc5ccc(C(F)(F)F)cc5O)CC4)c3F)C2=O)C(=O)N1. The van der Waals surface area contributed by atoms with E-state index < -0.39 is 58.8 Å². The average Bonchev–Trinajstić information content (AvgIpc) is 3.17. The molecule has 3 aliphatic heterocycles. The summed E-state index contributed by atoms with van der Waals surface area (Å²) in [5, 5.41) is 12.2. The molecule has 2 aromatic rings. The molecule has 3 heterocycles. The van der Waals surface area contributed by atoms with E-state index in [2.05, 4.69) is 5.32 Å². The number of nitrogens with zero attached hydrogens (tertiary/aromatic N) is 2. The number of carbonyl (C=O) groups is 3. The van der Waals surface area contributed by atoms with E-state index in [4.69, 9.17) is 0 Å². The minimum absolute atomic E-state index is 0.0215. The number of carbonyl (C=O) groups excluding carboxylic acids is 3. The highest BCUT2D eigenvalue weighted by molar-refractivity contribution is 6.05. The normalized spacial score (nSPS) is 21.1. The minimum atomic E-state index is -4.57. The van der Waals surface area contributed by atoms with Gasteiger partial charge in [-0.25, -0.2) is 8.78 Å². The van der Waals surface area contributed by atoms with Crippen LogP contribution in [0.1, 0.15) is 64.2 Å². The number of benzene rings is 2. The Balaban J connectivity index is 1.28. The zero-order valence-electron chi connectivity index (χ0n) is 20.1. The van der Waals surface area contributed by atoms with Gasteiger partial charge >= 0.3 is 6.18 Å². The van der Waals surface area contributed by atoms with Crippen molar-refractivity contribution in [2.45, 2.75) is 56.9 Å². The molecule has 1 atom stereocenters. The van der Waals surface area contributed by atoms with Crippen LogP contribution in [0.15, 0.2) is 24.3 Å². The first-order valence-electron chi connectivity index (χ1n) is 12.2. The second kappa shape index (κ2) is 9.64.